The molecule has 140 valence electrons. The third-order valence-corrected chi connectivity index (χ3v) is 5.46. The van der Waals surface area contributed by atoms with Crippen LogP contribution in [-0.2, 0) is 19.8 Å². The van der Waals surface area contributed by atoms with Crippen molar-refractivity contribution in [3.8, 4) is 0 Å². The van der Waals surface area contributed by atoms with E-state index in [1.165, 1.54) is 13.1 Å². The molecule has 3 heterocycles. The van der Waals surface area contributed by atoms with Crippen molar-refractivity contribution in [2.75, 3.05) is 0 Å². The molecule has 0 saturated heterocycles. The van der Waals surface area contributed by atoms with Gasteiger partial charge in [-0.25, -0.2) is 0 Å². The molecule has 0 saturated carbocycles. The first-order chi connectivity index (χ1) is 12.1. The number of hydrogen-bond donors (Lipinski definition) is 1. The minimum atomic E-state index is -4.56. The Bertz CT molecular complexity index is 969. The highest BCUT2D eigenvalue weighted by Crippen LogP contribution is 2.37. The lowest BCUT2D eigenvalue weighted by atomic mass is 10.1. The lowest BCUT2D eigenvalue weighted by Crippen LogP contribution is -2.26. The molecule has 0 fully saturated rings. The van der Waals surface area contributed by atoms with Gasteiger partial charge in [0.1, 0.15) is 4.83 Å². The molecule has 10 heteroatoms. The van der Waals surface area contributed by atoms with Crippen LogP contribution in [0.2, 0.25) is 0 Å². The molecule has 1 atom stereocenters. The van der Waals surface area contributed by atoms with Crippen LogP contribution < -0.4 is 5.32 Å². The van der Waals surface area contributed by atoms with E-state index < -0.39 is 17.8 Å². The van der Waals surface area contributed by atoms with Crippen molar-refractivity contribution in [1.29, 1.82) is 0 Å². The predicted molar refractivity (Wildman–Crippen MR) is 92.1 cm³/mol. The summed E-state index contributed by atoms with van der Waals surface area (Å²) in [5.74, 6) is -0.421. The van der Waals surface area contributed by atoms with E-state index >= 15 is 0 Å². The molecule has 0 unspecified atom stereocenters. The molecule has 0 aliphatic rings. The first-order valence-electron chi connectivity index (χ1n) is 8.00. The third-order valence-electron chi connectivity index (χ3n) is 4.26. The average Bonchev–Trinajstić information content (AvgIpc) is 3.21. The zero-order chi connectivity index (χ0) is 19.2. The molecule has 1 amide bonds. The fraction of sp³-hybridized carbons (Fsp3) is 0.438. The Morgan fingerprint density at radius 3 is 2.69 bits per heavy atom. The summed E-state index contributed by atoms with van der Waals surface area (Å²) in [6, 6.07) is 0.938. The molecule has 0 aromatic carbocycles. The van der Waals surface area contributed by atoms with E-state index in [2.05, 4.69) is 15.5 Å². The van der Waals surface area contributed by atoms with Gasteiger partial charge in [-0.05, 0) is 26.8 Å². The predicted octanol–water partition coefficient (Wildman–Crippen LogP) is 3.67. The SMILES string of the molecule is CCn1ncc([C@@H](C)NC(=O)c2cc3c(C(F)(F)F)nn(C)c3s2)c1C. The maximum atomic E-state index is 13.1. The standard InChI is InChI=1S/C16H18F3N5OS/c1-5-24-9(3)11(7-20-24)8(2)21-14(25)12-6-10-13(16(17,18)19)22-23(4)15(10)26-12/h6-8H,5H2,1-4H3,(H,21,25)/t8-/m1/s1. The minimum Gasteiger partial charge on any atom is -0.345 e. The average molecular weight is 385 g/mol. The Morgan fingerprint density at radius 1 is 1.42 bits per heavy atom. The summed E-state index contributed by atoms with van der Waals surface area (Å²) in [6.45, 7) is 6.42. The van der Waals surface area contributed by atoms with E-state index in [9.17, 15) is 18.0 Å². The molecule has 1 N–H and O–H groups in total. The summed E-state index contributed by atoms with van der Waals surface area (Å²) in [6.07, 6.45) is -2.87. The van der Waals surface area contributed by atoms with Crippen LogP contribution in [0.3, 0.4) is 0 Å². The number of carbonyl (C=O) groups is 1. The van der Waals surface area contributed by atoms with Crippen molar-refractivity contribution in [3.05, 3.63) is 34.1 Å². The van der Waals surface area contributed by atoms with Gasteiger partial charge in [-0.1, -0.05) is 0 Å². The third kappa shape index (κ3) is 3.09. The number of nitrogens with one attached hydrogen (secondary N) is 1. The lowest BCUT2D eigenvalue weighted by Gasteiger charge is -2.13. The highest BCUT2D eigenvalue weighted by molar-refractivity contribution is 7.20. The molecule has 6 nitrogen and oxygen atoms in total. The van der Waals surface area contributed by atoms with Gasteiger partial charge in [-0.15, -0.1) is 11.3 Å². The number of rotatable bonds is 4. The molecular formula is C16H18F3N5OS. The molecule has 0 bridgehead atoms. The lowest BCUT2D eigenvalue weighted by molar-refractivity contribution is -0.140. The summed E-state index contributed by atoms with van der Waals surface area (Å²) in [5, 5.41) is 10.5. The van der Waals surface area contributed by atoms with Crippen LogP contribution in [0.4, 0.5) is 13.2 Å². The molecule has 3 aromatic heterocycles. The highest BCUT2D eigenvalue weighted by Gasteiger charge is 2.37. The second-order valence-electron chi connectivity index (χ2n) is 6.00. The number of thiophene rings is 1. The Labute approximate surface area is 151 Å². The van der Waals surface area contributed by atoms with Gasteiger partial charge in [-0.2, -0.15) is 23.4 Å². The second-order valence-corrected chi connectivity index (χ2v) is 7.03. The van der Waals surface area contributed by atoms with Crippen LogP contribution in [0, 0.1) is 6.92 Å². The monoisotopic (exact) mass is 385 g/mol. The maximum Gasteiger partial charge on any atom is 0.435 e. The van der Waals surface area contributed by atoms with Gasteiger partial charge in [0.05, 0.1) is 17.1 Å². The van der Waals surface area contributed by atoms with Gasteiger partial charge in [0, 0.05) is 30.2 Å². The van der Waals surface area contributed by atoms with E-state index in [4.69, 9.17) is 0 Å². The highest BCUT2D eigenvalue weighted by atomic mass is 32.1. The molecule has 3 rings (SSSR count). The van der Waals surface area contributed by atoms with Crippen molar-refractivity contribution in [1.82, 2.24) is 24.9 Å². The van der Waals surface area contributed by atoms with Gasteiger partial charge in [0.15, 0.2) is 5.69 Å². The van der Waals surface area contributed by atoms with Gasteiger partial charge in [0.25, 0.3) is 5.91 Å². The van der Waals surface area contributed by atoms with Crippen molar-refractivity contribution in [2.45, 2.75) is 39.5 Å². The van der Waals surface area contributed by atoms with Crippen molar-refractivity contribution in [3.63, 3.8) is 0 Å². The van der Waals surface area contributed by atoms with E-state index in [0.29, 0.717) is 4.83 Å². The van der Waals surface area contributed by atoms with Crippen molar-refractivity contribution >= 4 is 27.5 Å². The number of halogens is 3. The van der Waals surface area contributed by atoms with Crippen LogP contribution in [0.15, 0.2) is 12.3 Å². The molecule has 26 heavy (non-hydrogen) atoms. The second kappa shape index (κ2) is 6.42. The topological polar surface area (TPSA) is 64.7 Å². The number of aryl methyl sites for hydroxylation is 2. The Kier molecular flexibility index (Phi) is 4.55. The van der Waals surface area contributed by atoms with E-state index in [0.717, 1.165) is 33.8 Å². The Hall–Kier alpha value is -2.36. The van der Waals surface area contributed by atoms with Crippen LogP contribution in [0.5, 0.6) is 0 Å². The summed E-state index contributed by atoms with van der Waals surface area (Å²) < 4.78 is 42.2. The number of amides is 1. The van der Waals surface area contributed by atoms with Crippen LogP contribution in [0.25, 0.3) is 10.2 Å². The molecule has 0 radical (unpaired) electrons. The number of alkyl halides is 3. The molecule has 0 aliphatic carbocycles. The van der Waals surface area contributed by atoms with E-state index in [-0.39, 0.29) is 16.3 Å². The largest absolute Gasteiger partial charge is 0.435 e. The fourth-order valence-electron chi connectivity index (χ4n) is 2.91. The Balaban J connectivity index is 1.87. The van der Waals surface area contributed by atoms with Crippen molar-refractivity contribution < 1.29 is 18.0 Å². The van der Waals surface area contributed by atoms with Gasteiger partial charge < -0.3 is 5.32 Å². The summed E-state index contributed by atoms with van der Waals surface area (Å²) in [5.41, 5.74) is 0.845. The van der Waals surface area contributed by atoms with E-state index in [1.807, 2.05) is 25.5 Å². The fourth-order valence-corrected chi connectivity index (χ4v) is 3.89. The molecule has 3 aromatic rings. The number of nitrogens with zero attached hydrogens (tertiary/aromatic N) is 4. The van der Waals surface area contributed by atoms with Gasteiger partial charge in [0.2, 0.25) is 0 Å². The van der Waals surface area contributed by atoms with Gasteiger partial charge >= 0.3 is 6.18 Å². The normalized spacial score (nSPS) is 13.3. The first kappa shape index (κ1) is 18.4. The zero-order valence-electron chi connectivity index (χ0n) is 14.7. The zero-order valence-corrected chi connectivity index (χ0v) is 15.5. The first-order valence-corrected chi connectivity index (χ1v) is 8.82. The molecule has 0 spiro atoms. The summed E-state index contributed by atoms with van der Waals surface area (Å²) >= 11 is 0.988. The maximum absolute atomic E-state index is 13.1. The summed E-state index contributed by atoms with van der Waals surface area (Å²) in [4.78, 5) is 13.0. The quantitative estimate of drug-likeness (QED) is 0.745. The van der Waals surface area contributed by atoms with Crippen LogP contribution >= 0.6 is 11.3 Å². The molecule has 0 aliphatic heterocycles. The number of fused-ring (bicyclic) bond motifs is 1. The smallest absolute Gasteiger partial charge is 0.345 e. The van der Waals surface area contributed by atoms with Gasteiger partial charge in [-0.3, -0.25) is 14.2 Å². The molecular weight excluding hydrogens is 367 g/mol. The number of hydrogen-bond acceptors (Lipinski definition) is 4. The number of carbonyl (C=O) groups excluding carboxylic acids is 1. The minimum absolute atomic E-state index is 0.0576. The Morgan fingerprint density at radius 2 is 2.12 bits per heavy atom. The van der Waals surface area contributed by atoms with Crippen LogP contribution in [0.1, 0.15) is 46.5 Å². The number of aromatic nitrogens is 4. The summed E-state index contributed by atoms with van der Waals surface area (Å²) in [7, 11) is 1.43. The van der Waals surface area contributed by atoms with Crippen LogP contribution in [-0.4, -0.2) is 25.5 Å². The van der Waals surface area contributed by atoms with E-state index in [1.54, 1.807) is 6.20 Å². The van der Waals surface area contributed by atoms with Crippen molar-refractivity contribution in [2.24, 2.45) is 7.05 Å².